The maximum absolute atomic E-state index is 12.1. The Labute approximate surface area is 174 Å². The highest BCUT2D eigenvalue weighted by Crippen LogP contribution is 2.27. The minimum absolute atomic E-state index is 0.0209. The van der Waals surface area contributed by atoms with E-state index < -0.39 is 11.7 Å². The molecule has 0 saturated heterocycles. The zero-order valence-corrected chi connectivity index (χ0v) is 17.1. The molecule has 2 aromatic carbocycles. The molecule has 30 heavy (non-hydrogen) atoms. The normalized spacial score (nSPS) is 11.0. The second-order valence-corrected chi connectivity index (χ2v) is 6.46. The molecule has 0 fully saturated rings. The van der Waals surface area contributed by atoms with Crippen molar-refractivity contribution in [1.82, 2.24) is 10.7 Å². The number of amides is 2. The summed E-state index contributed by atoms with van der Waals surface area (Å²) in [6.45, 7) is 2.04. The lowest BCUT2D eigenvalue weighted by atomic mass is 10.1. The van der Waals surface area contributed by atoms with Gasteiger partial charge in [0.25, 0.3) is 5.91 Å². The number of hydrazone groups is 1. The second kappa shape index (κ2) is 10.7. The third-order valence-corrected chi connectivity index (χ3v) is 4.19. The highest BCUT2D eigenvalue weighted by Gasteiger charge is 2.10. The number of ether oxygens (including phenoxy) is 2. The van der Waals surface area contributed by atoms with Crippen LogP contribution in [0.15, 0.2) is 41.5 Å². The summed E-state index contributed by atoms with van der Waals surface area (Å²) < 4.78 is 10.5. The van der Waals surface area contributed by atoms with Crippen LogP contribution in [0.4, 0.5) is 0 Å². The third kappa shape index (κ3) is 6.40. The van der Waals surface area contributed by atoms with Gasteiger partial charge in [0.15, 0.2) is 23.0 Å². The highest BCUT2D eigenvalue weighted by molar-refractivity contribution is 6.01. The summed E-state index contributed by atoms with van der Waals surface area (Å²) in [6.07, 6.45) is 0.635. The summed E-state index contributed by atoms with van der Waals surface area (Å²) in [4.78, 5) is 24.0. The van der Waals surface area contributed by atoms with Crippen LogP contribution in [0, 0.1) is 0 Å². The number of carbonyl (C=O) groups is 2. The molecule has 2 aromatic rings. The van der Waals surface area contributed by atoms with E-state index in [0.29, 0.717) is 30.2 Å². The van der Waals surface area contributed by atoms with Crippen molar-refractivity contribution >= 4 is 17.5 Å². The van der Waals surface area contributed by atoms with Crippen LogP contribution in [0.2, 0.25) is 0 Å². The average Bonchev–Trinajstić information content (AvgIpc) is 2.73. The molecule has 0 heterocycles. The lowest BCUT2D eigenvalue weighted by Gasteiger charge is -2.10. The minimum Gasteiger partial charge on any atom is -0.504 e. The zero-order valence-electron chi connectivity index (χ0n) is 17.1. The Morgan fingerprint density at radius 1 is 1.00 bits per heavy atom. The van der Waals surface area contributed by atoms with Gasteiger partial charge in [-0.1, -0.05) is 6.07 Å². The number of methoxy groups -OCH3 is 2. The van der Waals surface area contributed by atoms with Crippen molar-refractivity contribution in [1.29, 1.82) is 0 Å². The number of phenols is 2. The van der Waals surface area contributed by atoms with E-state index >= 15 is 0 Å². The topological polar surface area (TPSA) is 129 Å². The Morgan fingerprint density at radius 3 is 2.40 bits per heavy atom. The number of nitrogens with zero attached hydrogens (tertiary/aromatic N) is 1. The summed E-state index contributed by atoms with van der Waals surface area (Å²) in [5, 5.41) is 25.4. The zero-order chi connectivity index (χ0) is 22.1. The van der Waals surface area contributed by atoms with Crippen LogP contribution in [-0.2, 0) is 11.2 Å². The van der Waals surface area contributed by atoms with Crippen LogP contribution in [0.25, 0.3) is 0 Å². The van der Waals surface area contributed by atoms with Crippen LogP contribution in [0.1, 0.15) is 29.3 Å². The molecule has 0 aromatic heterocycles. The van der Waals surface area contributed by atoms with Crippen LogP contribution in [0.3, 0.4) is 0 Å². The number of rotatable bonds is 9. The van der Waals surface area contributed by atoms with Crippen LogP contribution >= 0.6 is 0 Å². The molecular formula is C21H25N3O6. The third-order valence-electron chi connectivity index (χ3n) is 4.19. The Hall–Kier alpha value is -3.75. The van der Waals surface area contributed by atoms with E-state index in [9.17, 15) is 19.8 Å². The predicted octanol–water partition coefficient (Wildman–Crippen LogP) is 1.97. The van der Waals surface area contributed by atoms with Crippen molar-refractivity contribution in [3.63, 3.8) is 0 Å². The molecule has 9 heteroatoms. The van der Waals surface area contributed by atoms with Gasteiger partial charge in [-0.05, 0) is 49.2 Å². The number of nitrogens with one attached hydrogen (secondary N) is 2. The van der Waals surface area contributed by atoms with Crippen molar-refractivity contribution in [2.45, 2.75) is 19.8 Å². The molecule has 2 amide bonds. The molecule has 0 aliphatic carbocycles. The Balaban J connectivity index is 1.79. The molecule has 0 unspecified atom stereocenters. The molecule has 4 N–H and O–H groups in total. The smallest absolute Gasteiger partial charge is 0.271 e. The van der Waals surface area contributed by atoms with Crippen molar-refractivity contribution in [3.8, 4) is 23.0 Å². The van der Waals surface area contributed by atoms with E-state index in [0.717, 1.165) is 11.6 Å². The maximum Gasteiger partial charge on any atom is 0.271 e. The predicted molar refractivity (Wildman–Crippen MR) is 111 cm³/mol. The van der Waals surface area contributed by atoms with Crippen molar-refractivity contribution in [2.75, 3.05) is 20.8 Å². The van der Waals surface area contributed by atoms with Crippen molar-refractivity contribution < 1.29 is 29.3 Å². The highest BCUT2D eigenvalue weighted by atomic mass is 16.5. The second-order valence-electron chi connectivity index (χ2n) is 6.46. The van der Waals surface area contributed by atoms with Gasteiger partial charge in [-0.25, -0.2) is 5.43 Å². The number of phenolic OH excluding ortho intramolecular Hbond substituents is 2. The minimum atomic E-state index is -0.571. The number of benzene rings is 2. The van der Waals surface area contributed by atoms with Gasteiger partial charge in [-0.3, -0.25) is 9.59 Å². The van der Waals surface area contributed by atoms with E-state index in [4.69, 9.17) is 9.47 Å². The standard InChI is InChI=1S/C21H25N3O6/c1-13(23-24-21(28)15-5-6-16(25)17(26)12-15)10-20(27)22-9-8-14-4-7-18(29-2)19(11-14)30-3/h4-7,11-12,25-26H,8-10H2,1-3H3,(H,22,27)(H,24,28). The van der Waals surface area contributed by atoms with Gasteiger partial charge in [-0.2, -0.15) is 5.10 Å². The van der Waals surface area contributed by atoms with Crippen molar-refractivity contribution in [3.05, 3.63) is 47.5 Å². The first kappa shape index (κ1) is 22.5. The molecule has 0 radical (unpaired) electrons. The fourth-order valence-corrected chi connectivity index (χ4v) is 2.59. The SMILES string of the molecule is COc1ccc(CCNC(=O)CC(C)=NNC(=O)c2ccc(O)c(O)c2)cc1OC. The first-order valence-corrected chi connectivity index (χ1v) is 9.17. The van der Waals surface area contributed by atoms with Gasteiger partial charge in [0.05, 0.1) is 20.6 Å². The molecule has 0 bridgehead atoms. The Bertz CT molecular complexity index is 942. The van der Waals surface area contributed by atoms with E-state index in [1.165, 1.54) is 12.1 Å². The van der Waals surface area contributed by atoms with Crippen molar-refractivity contribution in [2.24, 2.45) is 5.10 Å². The van der Waals surface area contributed by atoms with E-state index in [1.54, 1.807) is 21.1 Å². The molecule has 9 nitrogen and oxygen atoms in total. The monoisotopic (exact) mass is 415 g/mol. The summed E-state index contributed by atoms with van der Waals surface area (Å²) in [5.41, 5.74) is 3.83. The lowest BCUT2D eigenvalue weighted by Crippen LogP contribution is -2.28. The first-order chi connectivity index (χ1) is 14.3. The fraction of sp³-hybridized carbons (Fsp3) is 0.286. The van der Waals surface area contributed by atoms with Crippen LogP contribution in [0.5, 0.6) is 23.0 Å². The molecule has 0 atom stereocenters. The van der Waals surface area contributed by atoms with Gasteiger partial charge < -0.3 is 25.0 Å². The lowest BCUT2D eigenvalue weighted by molar-refractivity contribution is -0.119. The number of aromatic hydroxyl groups is 2. The fourth-order valence-electron chi connectivity index (χ4n) is 2.59. The van der Waals surface area contributed by atoms with E-state index in [1.807, 2.05) is 18.2 Å². The van der Waals surface area contributed by atoms with Gasteiger partial charge in [0.1, 0.15) is 0 Å². The number of carbonyl (C=O) groups excluding carboxylic acids is 2. The molecule has 0 spiro atoms. The number of hydrogen-bond donors (Lipinski definition) is 4. The maximum atomic E-state index is 12.1. The quantitative estimate of drug-likeness (QED) is 0.281. The first-order valence-electron chi connectivity index (χ1n) is 9.17. The molecule has 0 aliphatic rings. The summed E-state index contributed by atoms with van der Waals surface area (Å²) in [6, 6.07) is 9.23. The summed E-state index contributed by atoms with van der Waals surface area (Å²) in [5.74, 6) is -0.261. The molecular weight excluding hydrogens is 390 g/mol. The Kier molecular flexibility index (Phi) is 8.04. The summed E-state index contributed by atoms with van der Waals surface area (Å²) in [7, 11) is 3.13. The van der Waals surface area contributed by atoms with E-state index in [-0.39, 0.29) is 23.6 Å². The Morgan fingerprint density at radius 2 is 1.73 bits per heavy atom. The average molecular weight is 415 g/mol. The van der Waals surface area contributed by atoms with Crippen LogP contribution < -0.4 is 20.2 Å². The molecule has 0 saturated carbocycles. The van der Waals surface area contributed by atoms with Gasteiger partial charge >= 0.3 is 0 Å². The molecule has 0 aliphatic heterocycles. The van der Waals surface area contributed by atoms with Crippen LogP contribution in [-0.4, -0.2) is 48.5 Å². The largest absolute Gasteiger partial charge is 0.504 e. The van der Waals surface area contributed by atoms with Gasteiger partial charge in [0, 0.05) is 17.8 Å². The number of hydrogen-bond acceptors (Lipinski definition) is 7. The molecule has 2 rings (SSSR count). The van der Waals surface area contributed by atoms with E-state index in [2.05, 4.69) is 15.8 Å². The van der Waals surface area contributed by atoms with Gasteiger partial charge in [0.2, 0.25) is 5.91 Å². The van der Waals surface area contributed by atoms with Gasteiger partial charge in [-0.15, -0.1) is 0 Å². The molecule has 160 valence electrons. The summed E-state index contributed by atoms with van der Waals surface area (Å²) >= 11 is 0.